The average Bonchev–Trinajstić information content (AvgIpc) is 2.53. The Morgan fingerprint density at radius 3 is 2.04 bits per heavy atom. The maximum atomic E-state index is 12.0. The third-order valence-electron chi connectivity index (χ3n) is 3.11. The number of rotatable bonds is 12. The van der Waals surface area contributed by atoms with Crippen molar-refractivity contribution in [2.45, 2.75) is 37.4 Å². The number of carboxylic acids is 2. The molecule has 0 aromatic heterocycles. The molecule has 0 aliphatic carbocycles. The van der Waals surface area contributed by atoms with Gasteiger partial charge < -0.3 is 43.2 Å². The van der Waals surface area contributed by atoms with E-state index in [-0.39, 0.29) is 25.3 Å². The molecule has 0 rings (SSSR count). The van der Waals surface area contributed by atoms with Gasteiger partial charge in [-0.3, -0.25) is 19.4 Å². The number of nitrogens with two attached hydrogens (primary N) is 3. The quantitative estimate of drug-likeness (QED) is 0.0928. The van der Waals surface area contributed by atoms with Crippen LogP contribution in [0.4, 0.5) is 0 Å². The van der Waals surface area contributed by atoms with Crippen molar-refractivity contribution in [2.75, 3.05) is 13.2 Å². The Bertz CT molecular complexity index is 549. The molecule has 0 fully saturated rings. The molecule has 0 radical (unpaired) electrons. The van der Waals surface area contributed by atoms with Crippen LogP contribution in [0, 0.1) is 0 Å². The minimum absolute atomic E-state index is 0.00246. The first-order valence-electron chi connectivity index (χ1n) is 7.55. The number of aliphatic imine (C=N–C) groups is 1. The van der Waals surface area contributed by atoms with Crippen LogP contribution >= 0.6 is 0 Å². The first-order valence-corrected chi connectivity index (χ1v) is 7.55. The molecule has 0 aromatic carbocycles. The summed E-state index contributed by atoms with van der Waals surface area (Å²) in [6.45, 7) is -0.677. The van der Waals surface area contributed by atoms with Crippen LogP contribution in [0.2, 0.25) is 0 Å². The van der Waals surface area contributed by atoms with Gasteiger partial charge in [0.1, 0.15) is 12.1 Å². The molecule has 11 N–H and O–H groups in total. The summed E-state index contributed by atoms with van der Waals surface area (Å²) in [6.07, 6.45) is -0.411. The van der Waals surface area contributed by atoms with Crippen molar-refractivity contribution in [1.82, 2.24) is 10.6 Å². The van der Waals surface area contributed by atoms with Gasteiger partial charge in [0.2, 0.25) is 11.8 Å². The molecule has 0 saturated heterocycles. The summed E-state index contributed by atoms with van der Waals surface area (Å²) < 4.78 is 0. The lowest BCUT2D eigenvalue weighted by Crippen LogP contribution is -2.56. The van der Waals surface area contributed by atoms with E-state index in [4.69, 9.17) is 27.4 Å². The average molecular weight is 376 g/mol. The second-order valence-corrected chi connectivity index (χ2v) is 5.30. The number of aliphatic carboxylic acids is 2. The van der Waals surface area contributed by atoms with Gasteiger partial charge in [0.15, 0.2) is 5.96 Å². The van der Waals surface area contributed by atoms with Gasteiger partial charge in [0.25, 0.3) is 0 Å². The van der Waals surface area contributed by atoms with Gasteiger partial charge >= 0.3 is 11.9 Å². The van der Waals surface area contributed by atoms with Crippen LogP contribution in [-0.2, 0) is 19.2 Å². The predicted octanol–water partition coefficient (Wildman–Crippen LogP) is -4.11. The molecule has 0 aliphatic rings. The van der Waals surface area contributed by atoms with E-state index in [9.17, 15) is 24.3 Å². The molecule has 0 bridgehead atoms. The number of carbonyl (C=O) groups excluding carboxylic acids is 2. The second kappa shape index (κ2) is 11.6. The molecule has 13 nitrogen and oxygen atoms in total. The fraction of sp³-hybridized carbons (Fsp3) is 0.615. The van der Waals surface area contributed by atoms with Crippen molar-refractivity contribution < 1.29 is 34.5 Å². The number of aliphatic hydroxyl groups excluding tert-OH is 1. The zero-order valence-electron chi connectivity index (χ0n) is 13.9. The van der Waals surface area contributed by atoms with Gasteiger partial charge in [-0.2, -0.15) is 0 Å². The number of guanidine groups is 1. The lowest BCUT2D eigenvalue weighted by molar-refractivity contribution is -0.143. The Morgan fingerprint density at radius 1 is 1.00 bits per heavy atom. The van der Waals surface area contributed by atoms with E-state index in [2.05, 4.69) is 15.6 Å². The fourth-order valence-corrected chi connectivity index (χ4v) is 1.79. The minimum Gasteiger partial charge on any atom is -0.481 e. The normalized spacial score (nSPS) is 13.8. The highest BCUT2D eigenvalue weighted by Gasteiger charge is 2.27. The maximum absolute atomic E-state index is 12.0. The minimum atomic E-state index is -1.48. The summed E-state index contributed by atoms with van der Waals surface area (Å²) in [7, 11) is 0. The maximum Gasteiger partial charge on any atom is 0.326 e. The first-order chi connectivity index (χ1) is 12.1. The molecule has 3 atom stereocenters. The summed E-state index contributed by atoms with van der Waals surface area (Å²) in [6, 6.07) is -4.21. The highest BCUT2D eigenvalue weighted by molar-refractivity contribution is 5.93. The van der Waals surface area contributed by atoms with Gasteiger partial charge in [-0.05, 0) is 12.8 Å². The molecular formula is C13H24N6O7. The number of carboxylic acid groups (broad SMARTS) is 2. The van der Waals surface area contributed by atoms with Crippen LogP contribution in [0.15, 0.2) is 4.99 Å². The van der Waals surface area contributed by atoms with E-state index in [1.165, 1.54) is 0 Å². The Balaban J connectivity index is 4.71. The molecule has 0 heterocycles. The van der Waals surface area contributed by atoms with Crippen molar-refractivity contribution in [1.29, 1.82) is 0 Å². The number of hydrogen-bond acceptors (Lipinski definition) is 7. The number of aliphatic hydroxyl groups is 1. The van der Waals surface area contributed by atoms with Gasteiger partial charge in [-0.25, -0.2) is 4.79 Å². The van der Waals surface area contributed by atoms with Crippen LogP contribution in [0.25, 0.3) is 0 Å². The zero-order chi connectivity index (χ0) is 20.3. The molecule has 0 aliphatic heterocycles. The van der Waals surface area contributed by atoms with Crippen LogP contribution < -0.4 is 27.8 Å². The summed E-state index contributed by atoms with van der Waals surface area (Å²) >= 11 is 0. The van der Waals surface area contributed by atoms with Crippen molar-refractivity contribution >= 4 is 29.7 Å². The van der Waals surface area contributed by atoms with Gasteiger partial charge in [0.05, 0.1) is 19.1 Å². The Morgan fingerprint density at radius 2 is 1.58 bits per heavy atom. The van der Waals surface area contributed by atoms with E-state index in [1.807, 2.05) is 0 Å². The van der Waals surface area contributed by atoms with E-state index >= 15 is 0 Å². The lowest BCUT2D eigenvalue weighted by Gasteiger charge is -2.21. The van der Waals surface area contributed by atoms with Crippen molar-refractivity contribution in [2.24, 2.45) is 22.2 Å². The SMILES string of the molecule is NC(N)=NCCC[C@H](NC(=O)[C@H](CO)NC(=O)[C@@H](N)CC(=O)O)C(=O)O. The molecule has 0 aromatic rings. The van der Waals surface area contributed by atoms with E-state index < -0.39 is 54.9 Å². The van der Waals surface area contributed by atoms with Crippen LogP contribution in [0.3, 0.4) is 0 Å². The highest BCUT2D eigenvalue weighted by Crippen LogP contribution is 2.00. The largest absolute Gasteiger partial charge is 0.481 e. The van der Waals surface area contributed by atoms with Crippen molar-refractivity contribution in [3.05, 3.63) is 0 Å². The number of amides is 2. The number of hydrogen-bond donors (Lipinski definition) is 8. The number of nitrogens with one attached hydrogen (secondary N) is 2. The highest BCUT2D eigenvalue weighted by atomic mass is 16.4. The Labute approximate surface area is 148 Å². The molecule has 2 amide bonds. The molecule has 0 saturated carbocycles. The molecule has 0 unspecified atom stereocenters. The van der Waals surface area contributed by atoms with E-state index in [0.29, 0.717) is 0 Å². The number of carbonyl (C=O) groups is 4. The lowest BCUT2D eigenvalue weighted by atomic mass is 10.1. The standard InChI is InChI=1S/C13H24N6O7/c14-6(4-9(21)22)10(23)19-8(5-20)11(24)18-7(12(25)26)2-1-3-17-13(15)16/h6-8,20H,1-5,14H2,(H,18,24)(H,19,23)(H,21,22)(H,25,26)(H4,15,16,17)/t6-,7-,8-/m0/s1. The van der Waals surface area contributed by atoms with E-state index in [1.54, 1.807) is 0 Å². The van der Waals surface area contributed by atoms with Gasteiger partial charge in [-0.15, -0.1) is 0 Å². The predicted molar refractivity (Wildman–Crippen MR) is 88.7 cm³/mol. The van der Waals surface area contributed by atoms with Gasteiger partial charge in [-0.1, -0.05) is 0 Å². The van der Waals surface area contributed by atoms with Crippen molar-refractivity contribution in [3.63, 3.8) is 0 Å². The number of nitrogens with zero attached hydrogens (tertiary/aromatic N) is 1. The smallest absolute Gasteiger partial charge is 0.326 e. The topological polar surface area (TPSA) is 243 Å². The summed E-state index contributed by atoms with van der Waals surface area (Å²) in [4.78, 5) is 49.1. The summed E-state index contributed by atoms with van der Waals surface area (Å²) in [5.74, 6) is -4.72. The van der Waals surface area contributed by atoms with Crippen LogP contribution in [-0.4, -0.2) is 76.3 Å². The van der Waals surface area contributed by atoms with Crippen LogP contribution in [0.5, 0.6) is 0 Å². The fourth-order valence-electron chi connectivity index (χ4n) is 1.79. The Hall–Kier alpha value is -2.93. The van der Waals surface area contributed by atoms with Crippen LogP contribution in [0.1, 0.15) is 19.3 Å². The third kappa shape index (κ3) is 9.39. The third-order valence-corrected chi connectivity index (χ3v) is 3.11. The summed E-state index contributed by atoms with van der Waals surface area (Å²) in [5, 5.41) is 31.1. The molecule has 26 heavy (non-hydrogen) atoms. The monoisotopic (exact) mass is 376 g/mol. The molecule has 13 heteroatoms. The Kier molecular flexibility index (Phi) is 10.3. The summed E-state index contributed by atoms with van der Waals surface area (Å²) in [5.41, 5.74) is 15.6. The molecule has 0 spiro atoms. The van der Waals surface area contributed by atoms with E-state index in [0.717, 1.165) is 0 Å². The molecular weight excluding hydrogens is 352 g/mol. The van der Waals surface area contributed by atoms with Gasteiger partial charge in [0, 0.05) is 6.54 Å². The zero-order valence-corrected chi connectivity index (χ0v) is 13.9. The first kappa shape index (κ1) is 23.1. The molecule has 148 valence electrons. The second-order valence-electron chi connectivity index (χ2n) is 5.30. The van der Waals surface area contributed by atoms with Crippen molar-refractivity contribution in [3.8, 4) is 0 Å².